The van der Waals surface area contributed by atoms with Crippen LogP contribution in [0.4, 0.5) is 17.3 Å². The summed E-state index contributed by atoms with van der Waals surface area (Å²) in [5.41, 5.74) is 1.14. The number of nitrogens with one attached hydrogen (secondary N) is 3. The third-order valence-corrected chi connectivity index (χ3v) is 6.09. The van der Waals surface area contributed by atoms with E-state index in [-0.39, 0.29) is 36.6 Å². The molecule has 1 aromatic carbocycles. The highest BCUT2D eigenvalue weighted by Crippen LogP contribution is 2.16. The van der Waals surface area contributed by atoms with Gasteiger partial charge in [-0.25, -0.2) is 9.97 Å². The van der Waals surface area contributed by atoms with Crippen molar-refractivity contribution in [2.45, 2.75) is 19.4 Å². The van der Waals surface area contributed by atoms with E-state index in [0.29, 0.717) is 56.6 Å². The molecule has 36 heavy (non-hydrogen) atoms. The molecule has 2 fully saturated rings. The van der Waals surface area contributed by atoms with E-state index in [9.17, 15) is 19.2 Å². The molecule has 190 valence electrons. The molecule has 12 heteroatoms. The van der Waals surface area contributed by atoms with E-state index in [1.54, 1.807) is 42.7 Å². The quantitative estimate of drug-likeness (QED) is 0.485. The van der Waals surface area contributed by atoms with E-state index < -0.39 is 6.04 Å². The van der Waals surface area contributed by atoms with E-state index >= 15 is 0 Å². The maximum absolute atomic E-state index is 13.1. The normalized spacial score (nSPS) is 18.4. The summed E-state index contributed by atoms with van der Waals surface area (Å²) in [5.74, 6) is -0.402. The second kappa shape index (κ2) is 11.6. The van der Waals surface area contributed by atoms with Gasteiger partial charge in [-0.15, -0.1) is 0 Å². The molecule has 1 unspecified atom stereocenters. The van der Waals surface area contributed by atoms with Crippen LogP contribution in [0.15, 0.2) is 42.7 Å². The Kier molecular flexibility index (Phi) is 8.06. The van der Waals surface area contributed by atoms with E-state index in [1.807, 2.05) is 4.90 Å². The van der Waals surface area contributed by atoms with Gasteiger partial charge in [0.25, 0.3) is 0 Å². The molecule has 2 aromatic rings. The van der Waals surface area contributed by atoms with Gasteiger partial charge in [0, 0.05) is 70.0 Å². The van der Waals surface area contributed by atoms with Crippen molar-refractivity contribution in [2.24, 2.45) is 0 Å². The summed E-state index contributed by atoms with van der Waals surface area (Å²) in [6.07, 6.45) is 3.26. The molecule has 4 amide bonds. The molecule has 12 nitrogen and oxygen atoms in total. The van der Waals surface area contributed by atoms with Gasteiger partial charge in [-0.2, -0.15) is 0 Å². The van der Waals surface area contributed by atoms with Crippen molar-refractivity contribution in [2.75, 3.05) is 61.3 Å². The number of carbonyl (C=O) groups excluding carboxylic acids is 4. The van der Waals surface area contributed by atoms with Gasteiger partial charge in [-0.1, -0.05) is 0 Å². The average molecular weight is 495 g/mol. The maximum Gasteiger partial charge on any atom is 0.243 e. The second-order valence-corrected chi connectivity index (χ2v) is 8.72. The Labute approximate surface area is 209 Å². The zero-order valence-corrected chi connectivity index (χ0v) is 20.1. The number of benzene rings is 1. The van der Waals surface area contributed by atoms with Crippen LogP contribution in [0, 0.1) is 0 Å². The van der Waals surface area contributed by atoms with Crippen molar-refractivity contribution in [1.82, 2.24) is 25.1 Å². The van der Waals surface area contributed by atoms with Gasteiger partial charge in [-0.3, -0.25) is 24.1 Å². The first kappa shape index (κ1) is 25.0. The van der Waals surface area contributed by atoms with Crippen molar-refractivity contribution in [1.29, 1.82) is 0 Å². The van der Waals surface area contributed by atoms with Crippen LogP contribution in [0.2, 0.25) is 0 Å². The largest absolute Gasteiger partial charge is 0.353 e. The Morgan fingerprint density at radius 1 is 0.972 bits per heavy atom. The van der Waals surface area contributed by atoms with Crippen molar-refractivity contribution in [3.63, 3.8) is 0 Å². The van der Waals surface area contributed by atoms with Crippen LogP contribution >= 0.6 is 0 Å². The predicted molar refractivity (Wildman–Crippen MR) is 133 cm³/mol. The Hall–Kier alpha value is -4.06. The molecule has 1 aromatic heterocycles. The summed E-state index contributed by atoms with van der Waals surface area (Å²) in [7, 11) is 0. The molecule has 2 aliphatic rings. The van der Waals surface area contributed by atoms with Gasteiger partial charge >= 0.3 is 0 Å². The molecule has 2 saturated heterocycles. The fraction of sp³-hybridized carbons (Fsp3) is 0.417. The van der Waals surface area contributed by atoms with Gasteiger partial charge in [0.15, 0.2) is 0 Å². The smallest absolute Gasteiger partial charge is 0.243 e. The van der Waals surface area contributed by atoms with Crippen molar-refractivity contribution >= 4 is 41.0 Å². The number of piperazine rings is 2. The topological polar surface area (TPSA) is 140 Å². The van der Waals surface area contributed by atoms with E-state index in [1.165, 1.54) is 11.8 Å². The lowest BCUT2D eigenvalue weighted by Gasteiger charge is -2.38. The first-order valence-electron chi connectivity index (χ1n) is 11.9. The zero-order valence-electron chi connectivity index (χ0n) is 20.1. The van der Waals surface area contributed by atoms with Gasteiger partial charge in [0.05, 0.1) is 13.0 Å². The first-order chi connectivity index (χ1) is 17.4. The van der Waals surface area contributed by atoms with Crippen LogP contribution in [0.25, 0.3) is 0 Å². The first-order valence-corrected chi connectivity index (χ1v) is 11.9. The van der Waals surface area contributed by atoms with Crippen LogP contribution < -0.4 is 20.9 Å². The van der Waals surface area contributed by atoms with Crippen molar-refractivity contribution < 1.29 is 19.2 Å². The van der Waals surface area contributed by atoms with Gasteiger partial charge in [0.1, 0.15) is 6.04 Å². The Morgan fingerprint density at radius 2 is 1.61 bits per heavy atom. The van der Waals surface area contributed by atoms with Crippen LogP contribution in [0.5, 0.6) is 0 Å². The molecule has 1 atom stereocenters. The number of hydrogen-bond donors (Lipinski definition) is 3. The minimum Gasteiger partial charge on any atom is -0.353 e. The van der Waals surface area contributed by atoms with Crippen LogP contribution in [0.3, 0.4) is 0 Å². The third-order valence-electron chi connectivity index (χ3n) is 6.09. The summed E-state index contributed by atoms with van der Waals surface area (Å²) in [6.45, 7) is 5.04. The number of rotatable bonds is 7. The number of anilines is 3. The highest BCUT2D eigenvalue weighted by atomic mass is 16.2. The molecule has 3 N–H and O–H groups in total. The Balaban J connectivity index is 1.30. The summed E-state index contributed by atoms with van der Waals surface area (Å²) in [4.78, 5) is 63.7. The highest BCUT2D eigenvalue weighted by Gasteiger charge is 2.35. The lowest BCUT2D eigenvalue weighted by atomic mass is 10.1. The molecule has 0 radical (unpaired) electrons. The Morgan fingerprint density at radius 3 is 2.25 bits per heavy atom. The number of nitrogens with zero attached hydrogens (tertiary/aromatic N) is 5. The molecular formula is C24H30N8O4. The van der Waals surface area contributed by atoms with E-state index in [2.05, 4.69) is 30.8 Å². The Bertz CT molecular complexity index is 1090. The molecule has 2 aliphatic heterocycles. The number of amides is 4. The molecule has 0 aliphatic carbocycles. The molecule has 0 bridgehead atoms. The SMILES string of the molecule is CC(=O)Nc1ccc(NC(=O)CC2C(=O)NCCN2C(=O)CN2CCN(c3ncccn3)CC2)cc1. The monoisotopic (exact) mass is 494 g/mol. The summed E-state index contributed by atoms with van der Waals surface area (Å²) in [6, 6.07) is 7.56. The summed E-state index contributed by atoms with van der Waals surface area (Å²) in [5, 5.41) is 8.16. The molecular weight excluding hydrogens is 464 g/mol. The summed E-state index contributed by atoms with van der Waals surface area (Å²) >= 11 is 0. The van der Waals surface area contributed by atoms with E-state index in [4.69, 9.17) is 0 Å². The minimum absolute atomic E-state index is 0.149. The van der Waals surface area contributed by atoms with Crippen molar-refractivity contribution in [3.8, 4) is 0 Å². The minimum atomic E-state index is -0.871. The average Bonchev–Trinajstić information content (AvgIpc) is 2.87. The zero-order chi connectivity index (χ0) is 25.5. The molecule has 0 spiro atoms. The molecule has 4 rings (SSSR count). The standard InChI is InChI=1S/C24H30N8O4/c1-17(33)28-18-3-5-19(6-4-18)29-21(34)15-20-23(36)25-9-10-32(20)22(35)16-30-11-13-31(14-12-30)24-26-7-2-8-27-24/h2-8,20H,9-16H2,1H3,(H,25,36)(H,28,33)(H,29,34). The van der Waals surface area contributed by atoms with Crippen LogP contribution in [-0.4, -0.2) is 95.3 Å². The maximum atomic E-state index is 13.1. The number of aromatic nitrogens is 2. The van der Waals surface area contributed by atoms with E-state index in [0.717, 1.165) is 0 Å². The van der Waals surface area contributed by atoms with Gasteiger partial charge in [-0.05, 0) is 30.3 Å². The van der Waals surface area contributed by atoms with Crippen molar-refractivity contribution in [3.05, 3.63) is 42.7 Å². The van der Waals surface area contributed by atoms with Crippen LogP contribution in [-0.2, 0) is 19.2 Å². The highest BCUT2D eigenvalue weighted by molar-refractivity contribution is 5.98. The predicted octanol–water partition coefficient (Wildman–Crippen LogP) is -0.0872. The second-order valence-electron chi connectivity index (χ2n) is 8.72. The lowest BCUT2D eigenvalue weighted by molar-refractivity contribution is -0.145. The number of hydrogen-bond acceptors (Lipinski definition) is 8. The van der Waals surface area contributed by atoms with Gasteiger partial charge in [0.2, 0.25) is 29.6 Å². The number of carbonyl (C=O) groups is 4. The lowest BCUT2D eigenvalue weighted by Crippen LogP contribution is -2.60. The summed E-state index contributed by atoms with van der Waals surface area (Å²) < 4.78 is 0. The molecule has 3 heterocycles. The fourth-order valence-electron chi connectivity index (χ4n) is 4.29. The van der Waals surface area contributed by atoms with Gasteiger partial charge < -0.3 is 25.8 Å². The molecule has 0 saturated carbocycles. The van der Waals surface area contributed by atoms with Crippen LogP contribution in [0.1, 0.15) is 13.3 Å². The fourth-order valence-corrected chi connectivity index (χ4v) is 4.29. The third kappa shape index (κ3) is 6.54.